The van der Waals surface area contributed by atoms with Crippen LogP contribution in [0.1, 0.15) is 95.6 Å². The number of nitrogens with one attached hydrogen (secondary N) is 5. The molecule has 4 aliphatic heterocycles. The third-order valence-corrected chi connectivity index (χ3v) is 16.8. The lowest BCUT2D eigenvalue weighted by Crippen LogP contribution is -2.47. The summed E-state index contributed by atoms with van der Waals surface area (Å²) in [4.78, 5) is 81.3. The van der Waals surface area contributed by atoms with Gasteiger partial charge in [0.05, 0.1) is 20.4 Å². The molecule has 1 amide bonds. The molecular formula is C57H66N14O4S2. The lowest BCUT2D eigenvalue weighted by Gasteiger charge is -2.35. The number of benzene rings is 2. The topological polar surface area (TPSA) is 215 Å². The third-order valence-electron chi connectivity index (χ3n) is 14.7. The molecule has 77 heavy (non-hydrogen) atoms. The Labute approximate surface area is 455 Å². The summed E-state index contributed by atoms with van der Waals surface area (Å²) in [6.07, 6.45) is 10.7. The van der Waals surface area contributed by atoms with E-state index in [0.29, 0.717) is 51.7 Å². The zero-order chi connectivity index (χ0) is 52.9. The van der Waals surface area contributed by atoms with E-state index in [1.54, 1.807) is 4.90 Å². The highest BCUT2D eigenvalue weighted by Crippen LogP contribution is 2.37. The van der Waals surface area contributed by atoms with E-state index in [4.69, 9.17) is 24.7 Å². The number of piperidine rings is 4. The maximum atomic E-state index is 13.8. The molecule has 2 unspecified atom stereocenters. The Morgan fingerprint density at radius 2 is 1.10 bits per heavy atom. The standard InChI is InChI=1S/C31H37N7O3S.C26H29N7OS/c1-31(2,3)41-30(40)38-16-8-9-21(19-38)33-27-25(29-34-22-10-4-5-11-23(22)42-29)28(39)36-26(35-27)20-13-17-37(18-14-20)24-12-6-7-15-32-24;34-25-22(26-30-19-7-1-2-8-20(19)35-26)24(29-18-6-5-12-27-16-18)31-23(32-25)17-10-14-33(15-11-17)21-9-3-4-13-28-21/h4-7,10-12,15,20-21H,8-9,13-14,16-19H2,1-3H3,(H2,33,35,36,39);1-4,7-9,13,17-18,27H,5-6,10-12,14-16H2,(H2,29,31,32,34). The minimum atomic E-state index is -0.563. The van der Waals surface area contributed by atoms with Gasteiger partial charge in [-0.25, -0.2) is 34.7 Å². The van der Waals surface area contributed by atoms with Crippen molar-refractivity contribution in [3.8, 4) is 21.1 Å². The number of thiazole rings is 2. The van der Waals surface area contributed by atoms with Crippen molar-refractivity contribution in [1.29, 1.82) is 0 Å². The van der Waals surface area contributed by atoms with Gasteiger partial charge in [0.2, 0.25) is 0 Å². The lowest BCUT2D eigenvalue weighted by atomic mass is 9.95. The Kier molecular flexibility index (Phi) is 15.6. The van der Waals surface area contributed by atoms with Gasteiger partial charge in [0, 0.05) is 82.1 Å². The van der Waals surface area contributed by atoms with Crippen LogP contribution in [-0.4, -0.2) is 121 Å². The molecule has 0 spiro atoms. The van der Waals surface area contributed by atoms with Crippen molar-refractivity contribution >= 4 is 72.5 Å². The fourth-order valence-electron chi connectivity index (χ4n) is 10.7. The summed E-state index contributed by atoms with van der Waals surface area (Å²) in [6.45, 7) is 12.1. The van der Waals surface area contributed by atoms with Gasteiger partial charge in [0.1, 0.15) is 61.7 Å². The largest absolute Gasteiger partial charge is 0.444 e. The molecule has 6 aromatic heterocycles. The maximum absolute atomic E-state index is 13.8. The number of para-hydroxylation sites is 2. The Morgan fingerprint density at radius 1 is 0.610 bits per heavy atom. The van der Waals surface area contributed by atoms with Gasteiger partial charge in [0.25, 0.3) is 11.1 Å². The van der Waals surface area contributed by atoms with Gasteiger partial charge < -0.3 is 45.4 Å². The zero-order valence-electron chi connectivity index (χ0n) is 43.8. The van der Waals surface area contributed by atoms with Gasteiger partial charge >= 0.3 is 6.09 Å². The summed E-state index contributed by atoms with van der Waals surface area (Å²) in [7, 11) is 0. The molecule has 18 nitrogen and oxygen atoms in total. The SMILES string of the molecule is CC(C)(C)OC(=O)N1CCCC(Nc2nc(C3CCN(c4ccccn4)CC3)[nH]c(=O)c2-c2nc3ccccc3s2)C1.O=c1[nH]c(C2CCN(c3ccccn3)CC2)nc(NC2CCCNC2)c1-c1nc2ccccc2s1. The van der Waals surface area contributed by atoms with Crippen molar-refractivity contribution in [2.45, 2.75) is 102 Å². The highest BCUT2D eigenvalue weighted by Gasteiger charge is 2.32. The molecule has 4 aliphatic rings. The molecule has 2 aromatic carbocycles. The number of carbonyl (C=O) groups is 1. The molecule has 4 fully saturated rings. The molecular weight excluding hydrogens is 1010 g/mol. The Bertz CT molecular complexity index is 3350. The molecule has 0 radical (unpaired) electrons. The molecule has 12 rings (SSSR count). The smallest absolute Gasteiger partial charge is 0.410 e. The fourth-order valence-corrected chi connectivity index (χ4v) is 12.7. The van der Waals surface area contributed by atoms with Crippen LogP contribution in [0, 0.1) is 0 Å². The number of ether oxygens (including phenoxy) is 1. The minimum Gasteiger partial charge on any atom is -0.444 e. The molecule has 5 N–H and O–H groups in total. The first-order valence-corrected chi connectivity index (χ1v) is 28.7. The number of fused-ring (bicyclic) bond motifs is 2. The second-order valence-corrected chi connectivity index (χ2v) is 23.4. The summed E-state index contributed by atoms with van der Waals surface area (Å²) >= 11 is 3.02. The first-order chi connectivity index (χ1) is 37.5. The van der Waals surface area contributed by atoms with E-state index in [2.05, 4.69) is 45.7 Å². The fraction of sp³-hybridized carbons (Fsp3) is 0.421. The van der Waals surface area contributed by atoms with Crippen LogP contribution in [-0.2, 0) is 4.74 Å². The summed E-state index contributed by atoms with van der Waals surface area (Å²) in [5, 5.41) is 11.9. The van der Waals surface area contributed by atoms with Crippen LogP contribution < -0.4 is 36.9 Å². The van der Waals surface area contributed by atoms with E-state index in [0.717, 1.165) is 129 Å². The van der Waals surface area contributed by atoms with E-state index in [1.807, 2.05) is 118 Å². The number of amides is 1. The first kappa shape index (κ1) is 51.8. The predicted octanol–water partition coefficient (Wildman–Crippen LogP) is 9.63. The Hall–Kier alpha value is -7.29. The summed E-state index contributed by atoms with van der Waals surface area (Å²) in [5.74, 6) is 4.94. The molecule has 4 saturated heterocycles. The average Bonchev–Trinajstić information content (AvgIpc) is 4.12. The third kappa shape index (κ3) is 12.3. The summed E-state index contributed by atoms with van der Waals surface area (Å²) < 4.78 is 7.71. The van der Waals surface area contributed by atoms with Crippen LogP contribution >= 0.6 is 22.7 Å². The molecule has 2 atom stereocenters. The number of hydrogen-bond donors (Lipinski definition) is 5. The Morgan fingerprint density at radius 3 is 1.57 bits per heavy atom. The number of pyridine rings is 2. The van der Waals surface area contributed by atoms with Crippen molar-refractivity contribution in [2.24, 2.45) is 0 Å². The van der Waals surface area contributed by atoms with Crippen LogP contribution in [0.2, 0.25) is 0 Å². The van der Waals surface area contributed by atoms with Crippen molar-refractivity contribution in [3.05, 3.63) is 130 Å². The number of H-pyrrole nitrogens is 2. The molecule has 0 aliphatic carbocycles. The number of aromatic amines is 2. The highest BCUT2D eigenvalue weighted by molar-refractivity contribution is 7.22. The van der Waals surface area contributed by atoms with Gasteiger partial charge in [-0.15, -0.1) is 22.7 Å². The molecule has 10 heterocycles. The van der Waals surface area contributed by atoms with Crippen molar-refractivity contribution in [2.75, 3.05) is 72.8 Å². The average molecular weight is 1080 g/mol. The number of rotatable bonds is 10. The number of aromatic nitrogens is 8. The quantitative estimate of drug-likeness (QED) is 0.0862. The number of likely N-dealkylation sites (tertiary alicyclic amines) is 1. The second kappa shape index (κ2) is 23.1. The summed E-state index contributed by atoms with van der Waals surface area (Å²) in [5.41, 5.74) is 1.87. The van der Waals surface area contributed by atoms with Gasteiger partial charge in [0.15, 0.2) is 0 Å². The van der Waals surface area contributed by atoms with Crippen LogP contribution in [0.3, 0.4) is 0 Å². The molecule has 8 aromatic rings. The van der Waals surface area contributed by atoms with Crippen molar-refractivity contribution in [1.82, 2.24) is 50.1 Å². The number of hydrogen-bond acceptors (Lipinski definition) is 17. The van der Waals surface area contributed by atoms with E-state index in [-0.39, 0.29) is 41.1 Å². The zero-order valence-corrected chi connectivity index (χ0v) is 45.5. The van der Waals surface area contributed by atoms with Gasteiger partial charge in [-0.3, -0.25) is 9.59 Å². The summed E-state index contributed by atoms with van der Waals surface area (Å²) in [6, 6.07) is 28.0. The van der Waals surface area contributed by atoms with Gasteiger partial charge in [-0.2, -0.15) is 0 Å². The number of nitrogens with zero attached hydrogens (tertiary/aromatic N) is 9. The van der Waals surface area contributed by atoms with Crippen molar-refractivity contribution < 1.29 is 9.53 Å². The van der Waals surface area contributed by atoms with E-state index in [9.17, 15) is 14.4 Å². The molecule has 20 heteroatoms. The second-order valence-electron chi connectivity index (χ2n) is 21.3. The van der Waals surface area contributed by atoms with E-state index in [1.165, 1.54) is 22.7 Å². The van der Waals surface area contributed by atoms with Crippen LogP contribution in [0.5, 0.6) is 0 Å². The predicted molar refractivity (Wildman–Crippen MR) is 308 cm³/mol. The Balaban J connectivity index is 0.000000166. The minimum absolute atomic E-state index is 0.0763. The molecule has 400 valence electrons. The monoisotopic (exact) mass is 1070 g/mol. The number of carbonyl (C=O) groups excluding carboxylic acids is 1. The van der Waals surface area contributed by atoms with Crippen LogP contribution in [0.4, 0.5) is 28.1 Å². The molecule has 0 saturated carbocycles. The van der Waals surface area contributed by atoms with Crippen molar-refractivity contribution in [3.63, 3.8) is 0 Å². The van der Waals surface area contributed by atoms with E-state index >= 15 is 0 Å². The van der Waals surface area contributed by atoms with Gasteiger partial charge in [-0.1, -0.05) is 36.4 Å². The normalized spacial score (nSPS) is 18.7. The van der Waals surface area contributed by atoms with Crippen LogP contribution in [0.25, 0.3) is 41.6 Å². The highest BCUT2D eigenvalue weighted by atomic mass is 32.1. The number of anilines is 4. The lowest BCUT2D eigenvalue weighted by molar-refractivity contribution is 0.0206. The van der Waals surface area contributed by atoms with Gasteiger partial charge in [-0.05, 0) is 127 Å². The first-order valence-electron chi connectivity index (χ1n) is 27.0. The maximum Gasteiger partial charge on any atom is 0.410 e. The van der Waals surface area contributed by atoms with Crippen LogP contribution in [0.15, 0.2) is 107 Å². The van der Waals surface area contributed by atoms with E-state index < -0.39 is 5.60 Å². The molecule has 0 bridgehead atoms.